The monoisotopic (exact) mass is 337 g/mol. The molecule has 0 heterocycles. The van der Waals surface area contributed by atoms with Gasteiger partial charge in [0.05, 0.1) is 25.9 Å². The Morgan fingerprint density at radius 3 is 2.64 bits per heavy atom. The first kappa shape index (κ1) is 18.4. The van der Waals surface area contributed by atoms with Crippen molar-refractivity contribution in [1.29, 1.82) is 5.26 Å². The molecule has 0 aromatic heterocycles. The third kappa shape index (κ3) is 4.56. The average molecular weight is 337 g/mol. The minimum atomic E-state index is -0.461. The van der Waals surface area contributed by atoms with Crippen molar-refractivity contribution in [2.75, 3.05) is 38.4 Å². The maximum absolute atomic E-state index is 12.0. The molecule has 0 saturated heterocycles. The van der Waals surface area contributed by atoms with Gasteiger partial charge in [-0.1, -0.05) is 18.2 Å². The molecule has 0 radical (unpaired) electrons. The van der Waals surface area contributed by atoms with E-state index in [-0.39, 0.29) is 12.3 Å². The second-order valence-corrected chi connectivity index (χ2v) is 5.67. The molecule has 0 aliphatic rings. The van der Waals surface area contributed by atoms with Crippen molar-refractivity contribution in [3.8, 4) is 6.07 Å². The number of fused-ring (bicyclic) bond motifs is 1. The molecule has 0 atom stereocenters. The topological polar surface area (TPSA) is 40.6 Å². The van der Waals surface area contributed by atoms with Crippen LogP contribution < -0.4 is 4.90 Å². The van der Waals surface area contributed by atoms with Gasteiger partial charge in [0.15, 0.2) is 0 Å². The Labute approximate surface area is 147 Å². The zero-order valence-electron chi connectivity index (χ0n) is 14.4. The van der Waals surface area contributed by atoms with Crippen molar-refractivity contribution >= 4 is 22.0 Å². The fourth-order valence-electron chi connectivity index (χ4n) is 2.52. The molecule has 4 nitrogen and oxygen atoms in total. The van der Waals surface area contributed by atoms with Crippen LogP contribution in [0.25, 0.3) is 21.2 Å². The van der Waals surface area contributed by atoms with E-state index in [2.05, 4.69) is 15.8 Å². The van der Waals surface area contributed by atoms with Crippen LogP contribution in [0.4, 0.5) is 10.1 Å². The number of halogens is 1. The Bertz CT molecular complexity index is 845. The van der Waals surface area contributed by atoms with Gasteiger partial charge in [-0.2, -0.15) is 0 Å². The van der Waals surface area contributed by atoms with E-state index in [9.17, 15) is 4.39 Å². The molecule has 0 unspecified atom stereocenters. The van der Waals surface area contributed by atoms with Gasteiger partial charge < -0.3 is 9.64 Å². The highest BCUT2D eigenvalue weighted by Gasteiger charge is 2.07. The first-order chi connectivity index (χ1) is 12.1. The van der Waals surface area contributed by atoms with Crippen LogP contribution in [0.5, 0.6) is 0 Å². The number of nitriles is 1. The van der Waals surface area contributed by atoms with Gasteiger partial charge in [-0.3, -0.25) is 0 Å². The fourth-order valence-corrected chi connectivity index (χ4v) is 2.52. The second-order valence-electron chi connectivity index (χ2n) is 5.67. The summed E-state index contributed by atoms with van der Waals surface area (Å²) in [5.74, 6) is 0. The highest BCUT2D eigenvalue weighted by atomic mass is 19.1. The Morgan fingerprint density at radius 2 is 1.96 bits per heavy atom. The molecule has 5 heteroatoms. The molecular weight excluding hydrogens is 317 g/mol. The summed E-state index contributed by atoms with van der Waals surface area (Å²) in [7, 11) is 1.97. The van der Waals surface area contributed by atoms with Gasteiger partial charge in [0.2, 0.25) is 0 Å². The van der Waals surface area contributed by atoms with Crippen molar-refractivity contribution in [1.82, 2.24) is 0 Å². The number of hydrogen-bond acceptors (Lipinski definition) is 3. The third-order valence-electron chi connectivity index (χ3n) is 4.06. The number of likely N-dealkylation sites (N-methyl/N-ethyl adjacent to an activating group) is 1. The summed E-state index contributed by atoms with van der Waals surface area (Å²) in [6, 6.07) is 13.9. The molecule has 2 aromatic carbocycles. The molecule has 0 bridgehead atoms. The summed E-state index contributed by atoms with van der Waals surface area (Å²) in [5.41, 5.74) is 2.73. The van der Waals surface area contributed by atoms with Gasteiger partial charge in [0, 0.05) is 19.3 Å². The predicted molar refractivity (Wildman–Crippen MR) is 98.8 cm³/mol. The van der Waals surface area contributed by atoms with E-state index in [0.29, 0.717) is 18.7 Å². The van der Waals surface area contributed by atoms with Crippen molar-refractivity contribution in [2.45, 2.75) is 6.92 Å². The molecule has 0 spiro atoms. The Kier molecular flexibility index (Phi) is 6.51. The summed E-state index contributed by atoms with van der Waals surface area (Å²) in [4.78, 5) is 5.33. The Hall–Kier alpha value is -2.89. The van der Waals surface area contributed by atoms with E-state index < -0.39 is 6.67 Å². The highest BCUT2D eigenvalue weighted by Crippen LogP contribution is 2.26. The number of hydrogen-bond donors (Lipinski definition) is 0. The van der Waals surface area contributed by atoms with Crippen LogP contribution in [0, 0.1) is 17.9 Å². The lowest BCUT2D eigenvalue weighted by atomic mass is 10.0. The van der Waals surface area contributed by atoms with Gasteiger partial charge in [0.1, 0.15) is 6.67 Å². The van der Waals surface area contributed by atoms with Gasteiger partial charge in [-0.25, -0.2) is 14.5 Å². The third-order valence-corrected chi connectivity index (χ3v) is 4.06. The number of anilines is 1. The molecule has 0 N–H and O–H groups in total. The zero-order valence-corrected chi connectivity index (χ0v) is 14.4. The van der Waals surface area contributed by atoms with E-state index in [4.69, 9.17) is 16.6 Å². The van der Waals surface area contributed by atoms with E-state index in [0.717, 1.165) is 22.0 Å². The van der Waals surface area contributed by atoms with Crippen molar-refractivity contribution < 1.29 is 9.13 Å². The van der Waals surface area contributed by atoms with Crippen LogP contribution >= 0.6 is 0 Å². The zero-order chi connectivity index (χ0) is 18.2. The Balaban J connectivity index is 2.23. The van der Waals surface area contributed by atoms with Crippen molar-refractivity contribution in [3.05, 3.63) is 59.1 Å². The standard InChI is InChI=1S/C20H20FN3O/c1-15(20(14-22)23-2)16-4-5-18-13-19(7-6-17(18)12-16)24(3)9-11-25-10-8-21/h4-7,12-13H,8-11H2,1,3H3/b20-15-. The predicted octanol–water partition coefficient (Wildman–Crippen LogP) is 4.44. The summed E-state index contributed by atoms with van der Waals surface area (Å²) in [5, 5.41) is 11.1. The van der Waals surface area contributed by atoms with E-state index >= 15 is 0 Å². The van der Waals surface area contributed by atoms with E-state index in [1.807, 2.05) is 43.4 Å². The number of benzene rings is 2. The van der Waals surface area contributed by atoms with Crippen molar-refractivity contribution in [2.24, 2.45) is 0 Å². The molecule has 0 saturated carbocycles. The minimum absolute atomic E-state index is 0.115. The lowest BCUT2D eigenvalue weighted by molar-refractivity contribution is 0.125. The maximum atomic E-state index is 12.0. The van der Waals surface area contributed by atoms with Crippen molar-refractivity contribution in [3.63, 3.8) is 0 Å². The van der Waals surface area contributed by atoms with Gasteiger partial charge in [-0.05, 0) is 47.0 Å². The van der Waals surface area contributed by atoms with Crippen LogP contribution in [0.2, 0.25) is 0 Å². The van der Waals surface area contributed by atoms with Crippen LogP contribution in [0.1, 0.15) is 12.5 Å². The first-order valence-electron chi connectivity index (χ1n) is 7.98. The molecule has 128 valence electrons. The van der Waals surface area contributed by atoms with Crippen LogP contribution in [-0.4, -0.2) is 33.5 Å². The van der Waals surface area contributed by atoms with Crippen LogP contribution in [0.15, 0.2) is 42.1 Å². The summed E-state index contributed by atoms with van der Waals surface area (Å²) in [6.07, 6.45) is 0. The van der Waals surface area contributed by atoms with Gasteiger partial charge in [-0.15, -0.1) is 0 Å². The quantitative estimate of drug-likeness (QED) is 0.426. The fraction of sp³-hybridized carbons (Fsp3) is 0.300. The molecular formula is C20H20FN3O. The Morgan fingerprint density at radius 1 is 1.24 bits per heavy atom. The summed E-state index contributed by atoms with van der Waals surface area (Å²) in [6.45, 7) is 9.69. The number of rotatable bonds is 7. The molecule has 2 rings (SSSR count). The smallest absolute Gasteiger partial charge is 0.265 e. The van der Waals surface area contributed by atoms with E-state index in [1.165, 1.54) is 0 Å². The summed E-state index contributed by atoms with van der Waals surface area (Å²) < 4.78 is 17.2. The molecule has 25 heavy (non-hydrogen) atoms. The minimum Gasteiger partial charge on any atom is -0.377 e. The summed E-state index contributed by atoms with van der Waals surface area (Å²) >= 11 is 0. The highest BCUT2D eigenvalue weighted by molar-refractivity contribution is 5.89. The average Bonchev–Trinajstić information content (AvgIpc) is 2.65. The number of nitrogens with zero attached hydrogens (tertiary/aromatic N) is 3. The maximum Gasteiger partial charge on any atom is 0.265 e. The normalized spacial score (nSPS) is 11.6. The SMILES string of the molecule is [C-]#[N+]/C(C#N)=C(/C)c1ccc2cc(N(C)CCOCCF)ccc2c1. The number of ether oxygens (including phenoxy) is 1. The first-order valence-corrected chi connectivity index (χ1v) is 7.98. The van der Waals surface area contributed by atoms with Gasteiger partial charge >= 0.3 is 0 Å². The molecule has 0 aliphatic carbocycles. The largest absolute Gasteiger partial charge is 0.377 e. The lowest BCUT2D eigenvalue weighted by Gasteiger charge is -2.19. The molecule has 0 fully saturated rings. The van der Waals surface area contributed by atoms with Crippen LogP contribution in [-0.2, 0) is 4.74 Å². The van der Waals surface area contributed by atoms with Crippen LogP contribution in [0.3, 0.4) is 0 Å². The molecule has 0 aliphatic heterocycles. The van der Waals surface area contributed by atoms with E-state index in [1.54, 1.807) is 6.92 Å². The molecule has 0 amide bonds. The lowest BCUT2D eigenvalue weighted by Crippen LogP contribution is -2.22. The molecule has 2 aromatic rings. The van der Waals surface area contributed by atoms with Gasteiger partial charge in [0.25, 0.3) is 5.70 Å². The number of alkyl halides is 1. The number of allylic oxidation sites excluding steroid dienone is 2. The second kappa shape index (κ2) is 8.82.